The fourth-order valence-corrected chi connectivity index (χ4v) is 3.44. The lowest BCUT2D eigenvalue weighted by molar-refractivity contribution is -0.117. The summed E-state index contributed by atoms with van der Waals surface area (Å²) in [6.07, 6.45) is 1.88. The normalized spacial score (nSPS) is 10.7. The lowest BCUT2D eigenvalue weighted by Crippen LogP contribution is -2.47. The van der Waals surface area contributed by atoms with Crippen LogP contribution in [-0.4, -0.2) is 52.9 Å². The van der Waals surface area contributed by atoms with Crippen LogP contribution in [-0.2, 0) is 4.79 Å². The first-order valence-electron chi connectivity index (χ1n) is 11.6. The molecule has 2 N–H and O–H groups in total. The van der Waals surface area contributed by atoms with Gasteiger partial charge in [-0.25, -0.2) is 9.48 Å². The number of benzene rings is 2. The molecule has 0 saturated carbocycles. The summed E-state index contributed by atoms with van der Waals surface area (Å²) >= 11 is 0. The minimum absolute atomic E-state index is 0.0654. The lowest BCUT2D eigenvalue weighted by Gasteiger charge is -2.26. The van der Waals surface area contributed by atoms with Crippen molar-refractivity contribution in [2.75, 3.05) is 25.5 Å². The highest BCUT2D eigenvalue weighted by atomic mass is 16.5. The molecule has 3 rings (SSSR count). The molecule has 0 spiro atoms. The van der Waals surface area contributed by atoms with Crippen LogP contribution in [0.3, 0.4) is 0 Å². The van der Waals surface area contributed by atoms with Crippen molar-refractivity contribution in [2.45, 2.75) is 39.7 Å². The van der Waals surface area contributed by atoms with Crippen LogP contribution in [0.5, 0.6) is 5.75 Å². The third kappa shape index (κ3) is 6.37. The van der Waals surface area contributed by atoms with Gasteiger partial charge in [0.2, 0.25) is 5.91 Å². The quantitative estimate of drug-likeness (QED) is 0.426. The van der Waals surface area contributed by atoms with Crippen LogP contribution in [0.15, 0.2) is 60.7 Å². The molecule has 0 atom stereocenters. The molecule has 1 aromatic heterocycles. The molecule has 0 unspecified atom stereocenters. The molecule has 34 heavy (non-hydrogen) atoms. The summed E-state index contributed by atoms with van der Waals surface area (Å²) in [6, 6.07) is 18.6. The van der Waals surface area contributed by atoms with Crippen molar-refractivity contribution in [3.8, 4) is 22.7 Å². The highest BCUT2D eigenvalue weighted by Crippen LogP contribution is 2.25. The maximum atomic E-state index is 13.0. The Morgan fingerprint density at radius 1 is 1.09 bits per heavy atom. The van der Waals surface area contributed by atoms with Crippen molar-refractivity contribution >= 4 is 17.8 Å². The molecule has 8 heteroatoms. The largest absolute Gasteiger partial charge is 0.497 e. The van der Waals surface area contributed by atoms with Gasteiger partial charge in [0.05, 0.1) is 18.5 Å². The first-order valence-corrected chi connectivity index (χ1v) is 11.6. The molecule has 8 nitrogen and oxygen atoms in total. The maximum Gasteiger partial charge on any atom is 0.318 e. The monoisotopic (exact) mass is 463 g/mol. The summed E-state index contributed by atoms with van der Waals surface area (Å²) in [5.74, 6) is 0.948. The number of nitrogens with zero attached hydrogens (tertiary/aromatic N) is 3. The van der Waals surface area contributed by atoms with Crippen LogP contribution < -0.4 is 15.4 Å². The molecule has 0 aliphatic heterocycles. The number of methoxy groups -OCH3 is 1. The van der Waals surface area contributed by atoms with Gasteiger partial charge in [0.15, 0.2) is 0 Å². The van der Waals surface area contributed by atoms with E-state index in [0.29, 0.717) is 12.4 Å². The molecule has 3 amide bonds. The smallest absolute Gasteiger partial charge is 0.318 e. The van der Waals surface area contributed by atoms with Crippen molar-refractivity contribution in [1.82, 2.24) is 20.0 Å². The van der Waals surface area contributed by atoms with Crippen LogP contribution in [0.1, 0.15) is 33.6 Å². The van der Waals surface area contributed by atoms with Gasteiger partial charge in [-0.3, -0.25) is 4.79 Å². The number of rotatable bonds is 10. The van der Waals surface area contributed by atoms with Gasteiger partial charge in [-0.15, -0.1) is 0 Å². The Morgan fingerprint density at radius 3 is 2.41 bits per heavy atom. The molecule has 0 aliphatic carbocycles. The predicted molar refractivity (Wildman–Crippen MR) is 134 cm³/mol. The van der Waals surface area contributed by atoms with E-state index in [9.17, 15) is 9.59 Å². The number of ether oxygens (including phenoxy) is 1. The molecule has 0 fully saturated rings. The van der Waals surface area contributed by atoms with Crippen molar-refractivity contribution < 1.29 is 14.3 Å². The first-order chi connectivity index (χ1) is 16.4. The van der Waals surface area contributed by atoms with Crippen molar-refractivity contribution in [3.63, 3.8) is 0 Å². The lowest BCUT2D eigenvalue weighted by atomic mass is 10.1. The second kappa shape index (κ2) is 11.9. The number of aromatic nitrogens is 2. The zero-order valence-corrected chi connectivity index (χ0v) is 20.2. The van der Waals surface area contributed by atoms with Crippen LogP contribution in [0.2, 0.25) is 0 Å². The average molecular weight is 464 g/mol. The summed E-state index contributed by atoms with van der Waals surface area (Å²) < 4.78 is 6.94. The Balaban J connectivity index is 1.84. The fourth-order valence-electron chi connectivity index (χ4n) is 3.44. The van der Waals surface area contributed by atoms with Crippen LogP contribution >= 0.6 is 0 Å². The Labute approximate surface area is 200 Å². The zero-order valence-electron chi connectivity index (χ0n) is 20.2. The van der Waals surface area contributed by atoms with E-state index in [4.69, 9.17) is 9.84 Å². The second-order valence-corrected chi connectivity index (χ2v) is 8.25. The van der Waals surface area contributed by atoms with Gasteiger partial charge in [-0.05, 0) is 44.5 Å². The highest BCUT2D eigenvalue weighted by molar-refractivity contribution is 5.94. The van der Waals surface area contributed by atoms with E-state index in [0.717, 1.165) is 35.5 Å². The van der Waals surface area contributed by atoms with Gasteiger partial charge < -0.3 is 20.3 Å². The zero-order chi connectivity index (χ0) is 24.5. The number of carbonyl (C=O) groups is 2. The van der Waals surface area contributed by atoms with Gasteiger partial charge in [-0.2, -0.15) is 5.10 Å². The van der Waals surface area contributed by atoms with E-state index >= 15 is 0 Å². The van der Waals surface area contributed by atoms with Gasteiger partial charge in [0.25, 0.3) is 0 Å². The van der Waals surface area contributed by atoms with Crippen molar-refractivity contribution in [2.24, 2.45) is 0 Å². The van der Waals surface area contributed by atoms with Gasteiger partial charge in [0, 0.05) is 24.2 Å². The molecule has 0 saturated heterocycles. The minimum Gasteiger partial charge on any atom is -0.497 e. The summed E-state index contributed by atoms with van der Waals surface area (Å²) in [6.45, 7) is 6.37. The first kappa shape index (κ1) is 24.8. The molecule has 180 valence electrons. The minimum atomic E-state index is -0.298. The molecule has 2 aromatic carbocycles. The van der Waals surface area contributed by atoms with E-state index in [1.165, 1.54) is 4.90 Å². The van der Waals surface area contributed by atoms with E-state index in [1.54, 1.807) is 11.8 Å². The van der Waals surface area contributed by atoms with E-state index in [2.05, 4.69) is 17.6 Å². The highest BCUT2D eigenvalue weighted by Gasteiger charge is 2.21. The number of hydrogen-bond donors (Lipinski definition) is 2. The SMILES string of the molecule is CCCCNC(=O)N(CC(=O)Nc1cc(-c2ccccc2)nn1-c1ccc(OC)cc1)C(C)C. The van der Waals surface area contributed by atoms with Gasteiger partial charge in [0.1, 0.15) is 18.1 Å². The van der Waals surface area contributed by atoms with Crippen LogP contribution in [0, 0.1) is 0 Å². The van der Waals surface area contributed by atoms with Gasteiger partial charge >= 0.3 is 6.03 Å². The van der Waals surface area contributed by atoms with Crippen LogP contribution in [0.4, 0.5) is 10.6 Å². The number of unbranched alkanes of at least 4 members (excludes halogenated alkanes) is 1. The third-order valence-corrected chi connectivity index (χ3v) is 5.37. The van der Waals surface area contributed by atoms with Crippen molar-refractivity contribution in [1.29, 1.82) is 0 Å². The Bertz CT molecular complexity index is 1080. The number of carbonyl (C=O) groups excluding carboxylic acids is 2. The Kier molecular flexibility index (Phi) is 8.67. The van der Waals surface area contributed by atoms with E-state index in [1.807, 2.05) is 74.5 Å². The molecule has 0 radical (unpaired) electrons. The number of amides is 3. The summed E-state index contributed by atoms with van der Waals surface area (Å²) in [5, 5.41) is 10.6. The average Bonchev–Trinajstić information content (AvgIpc) is 3.26. The fraction of sp³-hybridized carbons (Fsp3) is 0.346. The van der Waals surface area contributed by atoms with Crippen LogP contribution in [0.25, 0.3) is 16.9 Å². The maximum absolute atomic E-state index is 13.0. The Morgan fingerprint density at radius 2 is 1.79 bits per heavy atom. The molecule has 3 aromatic rings. The molecular formula is C26H33N5O3. The summed E-state index contributed by atoms with van der Waals surface area (Å²) in [7, 11) is 1.61. The predicted octanol–water partition coefficient (Wildman–Crippen LogP) is 4.71. The molecule has 0 aliphatic rings. The number of nitrogens with one attached hydrogen (secondary N) is 2. The summed E-state index contributed by atoms with van der Waals surface area (Å²) in [4.78, 5) is 27.1. The number of urea groups is 1. The van der Waals surface area contributed by atoms with Gasteiger partial charge in [-0.1, -0.05) is 43.7 Å². The molecule has 0 bridgehead atoms. The standard InChI is InChI=1S/C26H33N5O3/c1-5-6-16-27-26(33)30(19(2)3)18-25(32)28-24-17-23(20-10-8-7-9-11-20)29-31(24)21-12-14-22(34-4)15-13-21/h7-15,17,19H,5-6,16,18H2,1-4H3,(H,27,33)(H,28,32). The van der Waals surface area contributed by atoms with E-state index < -0.39 is 0 Å². The van der Waals surface area contributed by atoms with E-state index in [-0.39, 0.29) is 24.5 Å². The third-order valence-electron chi connectivity index (χ3n) is 5.37. The Hall–Kier alpha value is -3.81. The number of anilines is 1. The summed E-state index contributed by atoms with van der Waals surface area (Å²) in [5.41, 5.74) is 2.44. The second-order valence-electron chi connectivity index (χ2n) is 8.25. The molecule has 1 heterocycles. The number of hydrogen-bond acceptors (Lipinski definition) is 4. The van der Waals surface area contributed by atoms with Crippen molar-refractivity contribution in [3.05, 3.63) is 60.7 Å². The topological polar surface area (TPSA) is 88.5 Å². The molecular weight excluding hydrogens is 430 g/mol.